The second kappa shape index (κ2) is 4.80. The standard InChI is InChI=1S/C9H18O3/c1-11-8-9(5-6-10)4-2-3-7-12-9/h10H,2-8H2,1H3. The molecule has 12 heavy (non-hydrogen) atoms. The molecule has 0 amide bonds. The van der Waals surface area contributed by atoms with E-state index in [2.05, 4.69) is 0 Å². The summed E-state index contributed by atoms with van der Waals surface area (Å²) in [5.41, 5.74) is -0.193. The average molecular weight is 174 g/mol. The highest BCUT2D eigenvalue weighted by Crippen LogP contribution is 2.28. The van der Waals surface area contributed by atoms with Gasteiger partial charge in [0.25, 0.3) is 0 Å². The summed E-state index contributed by atoms with van der Waals surface area (Å²) >= 11 is 0. The van der Waals surface area contributed by atoms with E-state index in [0.717, 1.165) is 19.4 Å². The summed E-state index contributed by atoms with van der Waals surface area (Å²) < 4.78 is 10.8. The highest BCUT2D eigenvalue weighted by Gasteiger charge is 2.32. The first kappa shape index (κ1) is 9.96. The Hall–Kier alpha value is -0.120. The van der Waals surface area contributed by atoms with E-state index in [1.54, 1.807) is 7.11 Å². The number of ether oxygens (including phenoxy) is 2. The molecule has 3 nitrogen and oxygen atoms in total. The van der Waals surface area contributed by atoms with Crippen molar-refractivity contribution < 1.29 is 14.6 Å². The number of aliphatic hydroxyl groups is 1. The Bertz CT molecular complexity index is 103. The van der Waals surface area contributed by atoms with Crippen LogP contribution in [0.5, 0.6) is 0 Å². The first-order valence-electron chi connectivity index (χ1n) is 4.57. The van der Waals surface area contributed by atoms with Gasteiger partial charge in [-0.1, -0.05) is 0 Å². The van der Waals surface area contributed by atoms with Gasteiger partial charge >= 0.3 is 0 Å². The van der Waals surface area contributed by atoms with E-state index in [1.807, 2.05) is 0 Å². The van der Waals surface area contributed by atoms with E-state index >= 15 is 0 Å². The maximum absolute atomic E-state index is 8.87. The van der Waals surface area contributed by atoms with Crippen molar-refractivity contribution in [1.29, 1.82) is 0 Å². The van der Waals surface area contributed by atoms with Crippen LogP contribution in [-0.2, 0) is 9.47 Å². The van der Waals surface area contributed by atoms with Crippen LogP contribution in [0.2, 0.25) is 0 Å². The Morgan fingerprint density at radius 3 is 2.83 bits per heavy atom. The zero-order valence-electron chi connectivity index (χ0n) is 7.71. The Balaban J connectivity index is 2.44. The topological polar surface area (TPSA) is 38.7 Å². The zero-order valence-corrected chi connectivity index (χ0v) is 7.71. The fraction of sp³-hybridized carbons (Fsp3) is 1.00. The quantitative estimate of drug-likeness (QED) is 0.689. The van der Waals surface area contributed by atoms with E-state index < -0.39 is 0 Å². The summed E-state index contributed by atoms with van der Waals surface area (Å²) in [6, 6.07) is 0. The molecule has 0 spiro atoms. The third-order valence-electron chi connectivity index (χ3n) is 2.41. The highest BCUT2D eigenvalue weighted by atomic mass is 16.5. The fourth-order valence-corrected chi connectivity index (χ4v) is 1.76. The molecular weight excluding hydrogens is 156 g/mol. The largest absolute Gasteiger partial charge is 0.396 e. The van der Waals surface area contributed by atoms with Gasteiger partial charge in [-0.05, 0) is 19.3 Å². The van der Waals surface area contributed by atoms with Crippen LogP contribution in [0.25, 0.3) is 0 Å². The maximum Gasteiger partial charge on any atom is 0.0936 e. The lowest BCUT2D eigenvalue weighted by Gasteiger charge is -2.36. The molecule has 1 N–H and O–H groups in total. The van der Waals surface area contributed by atoms with Crippen LogP contribution in [0.1, 0.15) is 25.7 Å². The minimum absolute atomic E-state index is 0.184. The van der Waals surface area contributed by atoms with Gasteiger partial charge in [-0.3, -0.25) is 0 Å². The van der Waals surface area contributed by atoms with Crippen LogP contribution >= 0.6 is 0 Å². The molecule has 0 bridgehead atoms. The van der Waals surface area contributed by atoms with Gasteiger partial charge in [0, 0.05) is 26.7 Å². The average Bonchev–Trinajstić information content (AvgIpc) is 2.07. The van der Waals surface area contributed by atoms with E-state index in [-0.39, 0.29) is 12.2 Å². The summed E-state index contributed by atoms with van der Waals surface area (Å²) in [7, 11) is 1.68. The van der Waals surface area contributed by atoms with Crippen LogP contribution in [0.15, 0.2) is 0 Å². The normalized spacial score (nSPS) is 30.5. The lowest BCUT2D eigenvalue weighted by molar-refractivity contribution is -0.125. The lowest BCUT2D eigenvalue weighted by Crippen LogP contribution is -2.41. The Labute approximate surface area is 73.7 Å². The van der Waals surface area contributed by atoms with Gasteiger partial charge < -0.3 is 14.6 Å². The second-order valence-electron chi connectivity index (χ2n) is 3.40. The molecule has 0 aromatic carbocycles. The molecule has 0 radical (unpaired) electrons. The van der Waals surface area contributed by atoms with Crippen molar-refractivity contribution in [1.82, 2.24) is 0 Å². The first-order valence-corrected chi connectivity index (χ1v) is 4.57. The van der Waals surface area contributed by atoms with Gasteiger partial charge in [0.2, 0.25) is 0 Å². The summed E-state index contributed by atoms with van der Waals surface area (Å²) in [5, 5.41) is 8.87. The van der Waals surface area contributed by atoms with Crippen LogP contribution in [0.4, 0.5) is 0 Å². The van der Waals surface area contributed by atoms with Crippen molar-refractivity contribution in [3.05, 3.63) is 0 Å². The van der Waals surface area contributed by atoms with Crippen molar-refractivity contribution >= 4 is 0 Å². The van der Waals surface area contributed by atoms with Gasteiger partial charge in [-0.15, -0.1) is 0 Å². The lowest BCUT2D eigenvalue weighted by atomic mass is 9.91. The molecule has 1 atom stereocenters. The van der Waals surface area contributed by atoms with Gasteiger partial charge in [0.15, 0.2) is 0 Å². The number of hydrogen-bond donors (Lipinski definition) is 1. The SMILES string of the molecule is COCC1(CCO)CCCCO1. The number of methoxy groups -OCH3 is 1. The van der Waals surface area contributed by atoms with Gasteiger partial charge in [0.05, 0.1) is 12.2 Å². The Morgan fingerprint density at radius 1 is 1.50 bits per heavy atom. The zero-order chi connectivity index (χ0) is 8.86. The van der Waals surface area contributed by atoms with E-state index in [9.17, 15) is 0 Å². The molecule has 0 aromatic rings. The van der Waals surface area contributed by atoms with Crippen molar-refractivity contribution in [2.75, 3.05) is 26.9 Å². The molecule has 1 heterocycles. The monoisotopic (exact) mass is 174 g/mol. The van der Waals surface area contributed by atoms with Crippen molar-refractivity contribution in [2.45, 2.75) is 31.3 Å². The predicted molar refractivity (Wildman–Crippen MR) is 46.1 cm³/mol. The minimum Gasteiger partial charge on any atom is -0.396 e. The molecule has 1 fully saturated rings. The maximum atomic E-state index is 8.87. The minimum atomic E-state index is -0.193. The fourth-order valence-electron chi connectivity index (χ4n) is 1.76. The smallest absolute Gasteiger partial charge is 0.0936 e. The van der Waals surface area contributed by atoms with Crippen molar-refractivity contribution in [3.63, 3.8) is 0 Å². The molecule has 1 saturated heterocycles. The Morgan fingerprint density at radius 2 is 2.33 bits per heavy atom. The van der Waals surface area contributed by atoms with Gasteiger partial charge in [-0.2, -0.15) is 0 Å². The van der Waals surface area contributed by atoms with Crippen LogP contribution < -0.4 is 0 Å². The number of aliphatic hydroxyl groups excluding tert-OH is 1. The molecule has 0 aliphatic carbocycles. The van der Waals surface area contributed by atoms with Crippen LogP contribution in [0.3, 0.4) is 0 Å². The summed E-state index contributed by atoms with van der Waals surface area (Å²) in [6.07, 6.45) is 4.03. The van der Waals surface area contributed by atoms with Gasteiger partial charge in [-0.25, -0.2) is 0 Å². The van der Waals surface area contributed by atoms with E-state index in [4.69, 9.17) is 14.6 Å². The molecule has 1 unspecified atom stereocenters. The van der Waals surface area contributed by atoms with Crippen LogP contribution in [-0.4, -0.2) is 37.6 Å². The molecule has 1 aliphatic heterocycles. The predicted octanol–water partition coefficient (Wildman–Crippen LogP) is 0.955. The molecular formula is C9H18O3. The summed E-state index contributed by atoms with van der Waals surface area (Å²) in [6.45, 7) is 1.60. The van der Waals surface area contributed by atoms with E-state index in [0.29, 0.717) is 13.0 Å². The third-order valence-corrected chi connectivity index (χ3v) is 2.41. The van der Waals surface area contributed by atoms with Gasteiger partial charge in [0.1, 0.15) is 0 Å². The number of hydrogen-bond acceptors (Lipinski definition) is 3. The second-order valence-corrected chi connectivity index (χ2v) is 3.40. The first-order chi connectivity index (χ1) is 5.83. The molecule has 1 aliphatic rings. The van der Waals surface area contributed by atoms with Crippen LogP contribution in [0, 0.1) is 0 Å². The summed E-state index contributed by atoms with van der Waals surface area (Å²) in [5.74, 6) is 0. The summed E-state index contributed by atoms with van der Waals surface area (Å²) in [4.78, 5) is 0. The Kier molecular flexibility index (Phi) is 3.98. The molecule has 1 rings (SSSR count). The number of rotatable bonds is 4. The van der Waals surface area contributed by atoms with Crippen molar-refractivity contribution in [2.24, 2.45) is 0 Å². The third kappa shape index (κ3) is 2.44. The van der Waals surface area contributed by atoms with E-state index in [1.165, 1.54) is 6.42 Å². The molecule has 3 heteroatoms. The molecule has 72 valence electrons. The molecule has 0 aromatic heterocycles. The highest BCUT2D eigenvalue weighted by molar-refractivity contribution is 4.83. The molecule has 0 saturated carbocycles. The van der Waals surface area contributed by atoms with Crippen molar-refractivity contribution in [3.8, 4) is 0 Å².